The third-order valence-electron chi connectivity index (χ3n) is 6.11. The quantitative estimate of drug-likeness (QED) is 0.422. The molecule has 0 aromatic heterocycles. The van der Waals surface area contributed by atoms with E-state index in [0.29, 0.717) is 30.2 Å². The molecule has 7 nitrogen and oxygen atoms in total. The van der Waals surface area contributed by atoms with Crippen molar-refractivity contribution < 1.29 is 28.9 Å². The highest BCUT2D eigenvalue weighted by atomic mass is 16.5. The Bertz CT molecular complexity index is 1070. The van der Waals surface area contributed by atoms with E-state index in [4.69, 9.17) is 14.2 Å². The molecule has 2 fully saturated rings. The summed E-state index contributed by atoms with van der Waals surface area (Å²) in [6.45, 7) is 2.86. The van der Waals surface area contributed by atoms with Crippen LogP contribution < -0.4 is 9.47 Å². The number of ether oxygens (including phenoxy) is 3. The van der Waals surface area contributed by atoms with Crippen LogP contribution in [-0.4, -0.2) is 55.2 Å². The number of aliphatic hydroxyl groups is 1. The summed E-state index contributed by atoms with van der Waals surface area (Å²) in [5.41, 5.74) is 2.08. The third kappa shape index (κ3) is 3.84. The van der Waals surface area contributed by atoms with Gasteiger partial charge in [0.15, 0.2) is 0 Å². The Kier molecular flexibility index (Phi) is 6.19. The van der Waals surface area contributed by atoms with Crippen LogP contribution in [0.25, 0.3) is 5.76 Å². The summed E-state index contributed by atoms with van der Waals surface area (Å²) in [6.07, 6.45) is 1.62. The minimum Gasteiger partial charge on any atom is -0.507 e. The molecule has 0 bridgehead atoms. The fourth-order valence-corrected chi connectivity index (χ4v) is 4.43. The fraction of sp³-hybridized carbons (Fsp3) is 0.360. The van der Waals surface area contributed by atoms with E-state index in [1.807, 2.05) is 31.2 Å². The number of Topliss-reactive ketones (excluding diaryl/α,β-unsaturated/α-hetero) is 1. The van der Waals surface area contributed by atoms with Crippen molar-refractivity contribution in [2.75, 3.05) is 27.4 Å². The third-order valence-corrected chi connectivity index (χ3v) is 6.11. The molecule has 2 aliphatic rings. The molecule has 1 N–H and O–H groups in total. The Hall–Kier alpha value is -3.32. The first-order chi connectivity index (χ1) is 15.5. The van der Waals surface area contributed by atoms with Gasteiger partial charge in [-0.25, -0.2) is 0 Å². The molecule has 32 heavy (non-hydrogen) atoms. The number of ketones is 1. The van der Waals surface area contributed by atoms with E-state index in [-0.39, 0.29) is 17.4 Å². The lowest BCUT2D eigenvalue weighted by atomic mass is 9.92. The lowest BCUT2D eigenvalue weighted by Gasteiger charge is -2.28. The smallest absolute Gasteiger partial charge is 0.295 e. The summed E-state index contributed by atoms with van der Waals surface area (Å²) in [5, 5.41) is 11.3. The summed E-state index contributed by atoms with van der Waals surface area (Å²) in [6, 6.07) is 11.8. The second-order valence-corrected chi connectivity index (χ2v) is 8.01. The number of hydrogen-bond acceptors (Lipinski definition) is 6. The largest absolute Gasteiger partial charge is 0.507 e. The molecule has 2 atom stereocenters. The normalized spacial score (nSPS) is 22.4. The summed E-state index contributed by atoms with van der Waals surface area (Å²) < 4.78 is 16.4. The number of benzene rings is 2. The van der Waals surface area contributed by atoms with Crippen LogP contribution in [0.3, 0.4) is 0 Å². The zero-order valence-corrected chi connectivity index (χ0v) is 18.5. The molecular formula is C25H27NO6. The topological polar surface area (TPSA) is 85.3 Å². The maximum Gasteiger partial charge on any atom is 0.295 e. The molecule has 168 valence electrons. The molecule has 0 spiro atoms. The van der Waals surface area contributed by atoms with Crippen molar-refractivity contribution in [1.29, 1.82) is 0 Å². The van der Waals surface area contributed by atoms with Gasteiger partial charge in [-0.05, 0) is 43.0 Å². The molecule has 0 aliphatic carbocycles. The highest BCUT2D eigenvalue weighted by Crippen LogP contribution is 2.42. The maximum atomic E-state index is 13.2. The van der Waals surface area contributed by atoms with E-state index in [2.05, 4.69) is 0 Å². The lowest BCUT2D eigenvalue weighted by Crippen LogP contribution is -2.36. The first-order valence-electron chi connectivity index (χ1n) is 10.6. The van der Waals surface area contributed by atoms with Gasteiger partial charge in [-0.2, -0.15) is 0 Å². The summed E-state index contributed by atoms with van der Waals surface area (Å²) >= 11 is 0. The Morgan fingerprint density at radius 1 is 1.16 bits per heavy atom. The molecule has 0 radical (unpaired) electrons. The van der Waals surface area contributed by atoms with Gasteiger partial charge in [-0.15, -0.1) is 0 Å². The van der Waals surface area contributed by atoms with Gasteiger partial charge < -0.3 is 24.2 Å². The van der Waals surface area contributed by atoms with Gasteiger partial charge in [0, 0.05) is 19.2 Å². The Balaban J connectivity index is 1.87. The number of aliphatic hydroxyl groups excluding tert-OH is 1. The first-order valence-corrected chi connectivity index (χ1v) is 10.6. The van der Waals surface area contributed by atoms with E-state index < -0.39 is 17.7 Å². The molecule has 1 amide bonds. The van der Waals surface area contributed by atoms with Gasteiger partial charge in [0.1, 0.15) is 17.3 Å². The number of carbonyl (C=O) groups is 2. The number of carbonyl (C=O) groups excluding carboxylic acids is 2. The lowest BCUT2D eigenvalue weighted by molar-refractivity contribution is -0.140. The molecule has 7 heteroatoms. The highest BCUT2D eigenvalue weighted by molar-refractivity contribution is 6.46. The molecule has 2 aromatic carbocycles. The van der Waals surface area contributed by atoms with Crippen molar-refractivity contribution in [2.24, 2.45) is 0 Å². The van der Waals surface area contributed by atoms with Crippen molar-refractivity contribution >= 4 is 17.4 Å². The van der Waals surface area contributed by atoms with E-state index in [1.165, 1.54) is 19.1 Å². The molecule has 2 unspecified atom stereocenters. The molecule has 2 aromatic rings. The van der Waals surface area contributed by atoms with Crippen molar-refractivity contribution in [2.45, 2.75) is 31.9 Å². The number of methoxy groups -OCH3 is 2. The molecule has 4 rings (SSSR count). The van der Waals surface area contributed by atoms with Crippen LogP contribution in [0.1, 0.15) is 35.6 Å². The van der Waals surface area contributed by atoms with Crippen LogP contribution in [0.2, 0.25) is 0 Å². The Morgan fingerprint density at radius 2 is 1.94 bits per heavy atom. The number of likely N-dealkylation sites (tertiary alicyclic amines) is 1. The molecule has 2 saturated heterocycles. The van der Waals surface area contributed by atoms with Crippen LogP contribution in [0, 0.1) is 6.92 Å². The predicted octanol–water partition coefficient (Wildman–Crippen LogP) is 3.61. The number of aryl methyl sites for hydroxylation is 1. The molecular weight excluding hydrogens is 410 g/mol. The minimum absolute atomic E-state index is 0.0470. The van der Waals surface area contributed by atoms with E-state index >= 15 is 0 Å². The van der Waals surface area contributed by atoms with Crippen LogP contribution in [0.5, 0.6) is 11.5 Å². The van der Waals surface area contributed by atoms with Gasteiger partial charge in [0.25, 0.3) is 11.7 Å². The van der Waals surface area contributed by atoms with E-state index in [1.54, 1.807) is 18.2 Å². The van der Waals surface area contributed by atoms with Gasteiger partial charge in [0.2, 0.25) is 0 Å². The average Bonchev–Trinajstić information content (AvgIpc) is 3.41. The second-order valence-electron chi connectivity index (χ2n) is 8.01. The summed E-state index contributed by atoms with van der Waals surface area (Å²) in [7, 11) is 3.00. The molecule has 0 saturated carbocycles. The van der Waals surface area contributed by atoms with Gasteiger partial charge in [-0.1, -0.05) is 24.3 Å². The van der Waals surface area contributed by atoms with E-state index in [9.17, 15) is 14.7 Å². The monoisotopic (exact) mass is 437 g/mol. The average molecular weight is 437 g/mol. The first kappa shape index (κ1) is 21.9. The van der Waals surface area contributed by atoms with Crippen LogP contribution in [0.15, 0.2) is 48.0 Å². The van der Waals surface area contributed by atoms with Crippen molar-refractivity contribution in [1.82, 2.24) is 4.90 Å². The SMILES string of the molecule is COc1ccc(/C(O)=C2\C(=O)C(=O)N(CC3CCCO3)C2c2ccccc2C)c(OC)c1. The maximum absolute atomic E-state index is 13.2. The standard InChI is InChI=1S/C25H27NO6/c1-15-7-4-5-9-18(15)22-21(23(27)19-11-10-16(30-2)13-20(19)31-3)24(28)25(29)26(22)14-17-8-6-12-32-17/h4-5,7,9-11,13,17,22,27H,6,8,12,14H2,1-3H3/b23-21+. The number of amides is 1. The van der Waals surface area contributed by atoms with Crippen LogP contribution in [0.4, 0.5) is 0 Å². The van der Waals surface area contributed by atoms with Gasteiger partial charge in [-0.3, -0.25) is 9.59 Å². The molecule has 2 aliphatic heterocycles. The molecule has 2 heterocycles. The zero-order chi connectivity index (χ0) is 22.8. The summed E-state index contributed by atoms with van der Waals surface area (Å²) in [5.74, 6) is -0.733. The fourth-order valence-electron chi connectivity index (χ4n) is 4.43. The highest BCUT2D eigenvalue weighted by Gasteiger charge is 2.47. The van der Waals surface area contributed by atoms with Gasteiger partial charge in [0.05, 0.1) is 37.5 Å². The zero-order valence-electron chi connectivity index (χ0n) is 18.5. The van der Waals surface area contributed by atoms with Crippen molar-refractivity contribution in [3.05, 3.63) is 64.7 Å². The Labute approximate surface area is 187 Å². The van der Waals surface area contributed by atoms with E-state index in [0.717, 1.165) is 24.0 Å². The number of rotatable bonds is 6. The Morgan fingerprint density at radius 3 is 2.59 bits per heavy atom. The van der Waals surface area contributed by atoms with Crippen molar-refractivity contribution in [3.63, 3.8) is 0 Å². The number of hydrogen-bond donors (Lipinski definition) is 1. The van der Waals surface area contributed by atoms with Crippen LogP contribution >= 0.6 is 0 Å². The van der Waals surface area contributed by atoms with Crippen molar-refractivity contribution in [3.8, 4) is 11.5 Å². The summed E-state index contributed by atoms with van der Waals surface area (Å²) in [4.78, 5) is 27.9. The van der Waals surface area contributed by atoms with Crippen LogP contribution in [-0.2, 0) is 14.3 Å². The minimum atomic E-state index is -0.716. The predicted molar refractivity (Wildman–Crippen MR) is 119 cm³/mol. The van der Waals surface area contributed by atoms with Gasteiger partial charge >= 0.3 is 0 Å². The second kappa shape index (κ2) is 9.04. The number of nitrogens with zero attached hydrogens (tertiary/aromatic N) is 1.